The molecule has 1 unspecified atom stereocenters. The second-order valence-corrected chi connectivity index (χ2v) is 3.75. The third-order valence-corrected chi connectivity index (χ3v) is 2.16. The van der Waals surface area contributed by atoms with Crippen LogP contribution in [0.2, 0.25) is 0 Å². The van der Waals surface area contributed by atoms with Crippen molar-refractivity contribution in [3.05, 3.63) is 29.3 Å². The molecule has 0 aliphatic rings. The normalized spacial score (nSPS) is 12.3. The number of rotatable bonds is 3. The summed E-state index contributed by atoms with van der Waals surface area (Å²) in [5.74, 6) is -0.456. The standard InChI is InChI=1S/C11H6ClF3N2O/c12-8(5-17)6-18-10-2-1-7(4-16)3-9(10)11(13,14)15/h1-3,8H,6H2. The highest BCUT2D eigenvalue weighted by Gasteiger charge is 2.34. The lowest BCUT2D eigenvalue weighted by atomic mass is 10.1. The molecule has 0 bridgehead atoms. The fourth-order valence-corrected chi connectivity index (χ4v) is 1.21. The van der Waals surface area contributed by atoms with Crippen molar-refractivity contribution in [2.45, 2.75) is 11.6 Å². The van der Waals surface area contributed by atoms with E-state index >= 15 is 0 Å². The highest BCUT2D eigenvalue weighted by Crippen LogP contribution is 2.36. The molecule has 1 rings (SSSR count). The summed E-state index contributed by atoms with van der Waals surface area (Å²) in [6.45, 7) is -0.368. The molecule has 1 aromatic carbocycles. The van der Waals surface area contributed by atoms with E-state index in [4.69, 9.17) is 26.9 Å². The minimum Gasteiger partial charge on any atom is -0.490 e. The minimum absolute atomic E-state index is 0.127. The Morgan fingerprint density at radius 2 is 2.00 bits per heavy atom. The maximum Gasteiger partial charge on any atom is 0.420 e. The van der Waals surface area contributed by atoms with Crippen molar-refractivity contribution < 1.29 is 17.9 Å². The Kier molecular flexibility index (Phi) is 4.41. The Labute approximate surface area is 106 Å². The van der Waals surface area contributed by atoms with Gasteiger partial charge in [0.15, 0.2) is 5.38 Å². The van der Waals surface area contributed by atoms with Crippen LogP contribution in [0.15, 0.2) is 18.2 Å². The van der Waals surface area contributed by atoms with Crippen molar-refractivity contribution in [1.29, 1.82) is 10.5 Å². The van der Waals surface area contributed by atoms with Crippen LogP contribution in [0, 0.1) is 22.7 Å². The molecule has 0 saturated carbocycles. The van der Waals surface area contributed by atoms with E-state index in [1.54, 1.807) is 12.1 Å². The molecule has 0 heterocycles. The number of ether oxygens (including phenoxy) is 1. The summed E-state index contributed by atoms with van der Waals surface area (Å²) < 4.78 is 42.9. The van der Waals surface area contributed by atoms with E-state index in [0.717, 1.165) is 6.07 Å². The summed E-state index contributed by atoms with van der Waals surface area (Å²) >= 11 is 5.42. The quantitative estimate of drug-likeness (QED) is 0.796. The van der Waals surface area contributed by atoms with Gasteiger partial charge in [-0.25, -0.2) is 0 Å². The molecule has 0 N–H and O–H groups in total. The largest absolute Gasteiger partial charge is 0.490 e. The maximum absolute atomic E-state index is 12.7. The predicted molar refractivity (Wildman–Crippen MR) is 56.9 cm³/mol. The zero-order chi connectivity index (χ0) is 13.8. The first-order chi connectivity index (χ1) is 8.38. The summed E-state index contributed by atoms with van der Waals surface area (Å²) in [5.41, 5.74) is -1.19. The molecule has 1 atom stereocenters. The van der Waals surface area contributed by atoms with Crippen LogP contribution in [0.3, 0.4) is 0 Å². The fourth-order valence-electron chi connectivity index (χ4n) is 1.15. The van der Waals surface area contributed by atoms with Crippen LogP contribution in [0.5, 0.6) is 5.75 Å². The number of hydrogen-bond acceptors (Lipinski definition) is 3. The molecule has 3 nitrogen and oxygen atoms in total. The van der Waals surface area contributed by atoms with E-state index in [1.165, 1.54) is 6.07 Å². The molecular formula is C11H6ClF3N2O. The first-order valence-electron chi connectivity index (χ1n) is 4.66. The van der Waals surface area contributed by atoms with Crippen molar-refractivity contribution in [3.8, 4) is 17.9 Å². The molecule has 0 fully saturated rings. The van der Waals surface area contributed by atoms with Gasteiger partial charge in [0.05, 0.1) is 23.3 Å². The number of nitriles is 2. The van der Waals surface area contributed by atoms with Crippen molar-refractivity contribution in [2.24, 2.45) is 0 Å². The van der Waals surface area contributed by atoms with Gasteiger partial charge in [0.2, 0.25) is 0 Å². The Hall–Kier alpha value is -1.92. The molecule has 0 saturated heterocycles. The fraction of sp³-hybridized carbons (Fsp3) is 0.273. The topological polar surface area (TPSA) is 56.8 Å². The first-order valence-corrected chi connectivity index (χ1v) is 5.10. The van der Waals surface area contributed by atoms with E-state index in [-0.39, 0.29) is 12.2 Å². The van der Waals surface area contributed by atoms with Crippen LogP contribution in [-0.4, -0.2) is 12.0 Å². The van der Waals surface area contributed by atoms with E-state index in [2.05, 4.69) is 0 Å². The monoisotopic (exact) mass is 274 g/mol. The number of benzene rings is 1. The Morgan fingerprint density at radius 1 is 1.33 bits per heavy atom. The van der Waals surface area contributed by atoms with E-state index in [0.29, 0.717) is 6.07 Å². The summed E-state index contributed by atoms with van der Waals surface area (Å²) in [6, 6.07) is 6.14. The second-order valence-electron chi connectivity index (χ2n) is 3.23. The molecule has 7 heteroatoms. The molecule has 0 aromatic heterocycles. The van der Waals surface area contributed by atoms with Crippen LogP contribution in [0.1, 0.15) is 11.1 Å². The van der Waals surface area contributed by atoms with Crippen molar-refractivity contribution in [1.82, 2.24) is 0 Å². The molecule has 0 radical (unpaired) electrons. The predicted octanol–water partition coefficient (Wildman–Crippen LogP) is 3.09. The van der Waals surface area contributed by atoms with Gasteiger partial charge in [-0.1, -0.05) is 0 Å². The highest BCUT2D eigenvalue weighted by atomic mass is 35.5. The number of hydrogen-bond donors (Lipinski definition) is 0. The Morgan fingerprint density at radius 3 is 2.50 bits per heavy atom. The third kappa shape index (κ3) is 3.54. The van der Waals surface area contributed by atoms with Gasteiger partial charge >= 0.3 is 6.18 Å². The second kappa shape index (κ2) is 5.61. The lowest BCUT2D eigenvalue weighted by molar-refractivity contribution is -0.138. The molecule has 1 aromatic rings. The van der Waals surface area contributed by atoms with Crippen LogP contribution in [0.4, 0.5) is 13.2 Å². The van der Waals surface area contributed by atoms with Gasteiger partial charge < -0.3 is 4.74 Å². The Balaban J connectivity index is 3.05. The average Bonchev–Trinajstić information content (AvgIpc) is 2.34. The summed E-state index contributed by atoms with van der Waals surface area (Å²) in [4.78, 5) is 0. The third-order valence-electron chi connectivity index (χ3n) is 1.94. The summed E-state index contributed by atoms with van der Waals surface area (Å²) in [6.07, 6.45) is -4.64. The van der Waals surface area contributed by atoms with E-state index in [1.807, 2.05) is 0 Å². The van der Waals surface area contributed by atoms with E-state index < -0.39 is 22.9 Å². The first kappa shape index (κ1) is 14.1. The molecule has 0 amide bonds. The van der Waals surface area contributed by atoms with Gasteiger partial charge in [-0.2, -0.15) is 23.7 Å². The number of alkyl halides is 4. The van der Waals surface area contributed by atoms with Gasteiger partial charge in [-0.05, 0) is 18.2 Å². The molecular weight excluding hydrogens is 269 g/mol. The van der Waals surface area contributed by atoms with Gasteiger partial charge in [0.25, 0.3) is 0 Å². The van der Waals surface area contributed by atoms with Gasteiger partial charge in [-0.15, -0.1) is 11.6 Å². The molecule has 18 heavy (non-hydrogen) atoms. The Bertz CT molecular complexity index is 516. The van der Waals surface area contributed by atoms with Gasteiger partial charge in [0.1, 0.15) is 12.4 Å². The summed E-state index contributed by atoms with van der Waals surface area (Å²) in [7, 11) is 0. The van der Waals surface area contributed by atoms with Gasteiger partial charge in [-0.3, -0.25) is 0 Å². The van der Waals surface area contributed by atoms with Crippen molar-refractivity contribution >= 4 is 11.6 Å². The zero-order valence-corrected chi connectivity index (χ0v) is 9.59. The van der Waals surface area contributed by atoms with Crippen molar-refractivity contribution in [2.75, 3.05) is 6.61 Å². The lowest BCUT2D eigenvalue weighted by Crippen LogP contribution is -2.14. The van der Waals surface area contributed by atoms with Crippen LogP contribution < -0.4 is 4.74 Å². The van der Waals surface area contributed by atoms with E-state index in [9.17, 15) is 13.2 Å². The SMILES string of the molecule is N#Cc1ccc(OCC(Cl)C#N)c(C(F)(F)F)c1. The zero-order valence-electron chi connectivity index (χ0n) is 8.83. The van der Waals surface area contributed by atoms with Crippen LogP contribution in [0.25, 0.3) is 0 Å². The van der Waals surface area contributed by atoms with Crippen LogP contribution in [-0.2, 0) is 6.18 Å². The molecule has 0 spiro atoms. The minimum atomic E-state index is -4.64. The average molecular weight is 275 g/mol. The number of nitrogens with zero attached hydrogens (tertiary/aromatic N) is 2. The lowest BCUT2D eigenvalue weighted by Gasteiger charge is -2.14. The molecule has 0 aliphatic carbocycles. The van der Waals surface area contributed by atoms with Crippen LogP contribution >= 0.6 is 11.6 Å². The summed E-state index contributed by atoms with van der Waals surface area (Å²) in [5, 5.41) is 15.9. The smallest absolute Gasteiger partial charge is 0.420 e. The van der Waals surface area contributed by atoms with Crippen molar-refractivity contribution in [3.63, 3.8) is 0 Å². The number of halogens is 4. The van der Waals surface area contributed by atoms with Gasteiger partial charge in [0, 0.05) is 0 Å². The molecule has 94 valence electrons. The maximum atomic E-state index is 12.7. The molecule has 0 aliphatic heterocycles. The highest BCUT2D eigenvalue weighted by molar-refractivity contribution is 6.22.